The van der Waals surface area contributed by atoms with Crippen LogP contribution in [0.4, 0.5) is 0 Å². The Hall–Kier alpha value is -1.54. The lowest BCUT2D eigenvalue weighted by Gasteiger charge is -2.18. The Morgan fingerprint density at radius 2 is 1.72 bits per heavy atom. The van der Waals surface area contributed by atoms with Gasteiger partial charge in [-0.2, -0.15) is 0 Å². The van der Waals surface area contributed by atoms with Crippen LogP contribution in [0.5, 0.6) is 5.75 Å². The topological polar surface area (TPSA) is 35.2 Å². The van der Waals surface area contributed by atoms with Crippen LogP contribution in [0.25, 0.3) is 10.8 Å². The Labute approximate surface area is 109 Å². The van der Waals surface area contributed by atoms with Gasteiger partial charge in [-0.15, -0.1) is 0 Å². The van der Waals surface area contributed by atoms with Crippen LogP contribution in [-0.4, -0.2) is 7.11 Å². The summed E-state index contributed by atoms with van der Waals surface area (Å²) in [6.07, 6.45) is 0.996. The zero-order valence-corrected chi connectivity index (χ0v) is 11.3. The van der Waals surface area contributed by atoms with Crippen molar-refractivity contribution in [2.75, 3.05) is 7.11 Å². The second-order valence-corrected chi connectivity index (χ2v) is 5.14. The highest BCUT2D eigenvalue weighted by Crippen LogP contribution is 2.32. The van der Waals surface area contributed by atoms with Crippen molar-refractivity contribution in [1.82, 2.24) is 0 Å². The van der Waals surface area contributed by atoms with Gasteiger partial charge >= 0.3 is 0 Å². The van der Waals surface area contributed by atoms with Crippen LogP contribution in [0, 0.1) is 5.92 Å². The molecule has 0 aliphatic heterocycles. The van der Waals surface area contributed by atoms with Crippen molar-refractivity contribution in [2.45, 2.75) is 26.3 Å². The molecular weight excluding hydrogens is 222 g/mol. The molecule has 2 heteroatoms. The van der Waals surface area contributed by atoms with Gasteiger partial charge in [-0.3, -0.25) is 0 Å². The summed E-state index contributed by atoms with van der Waals surface area (Å²) in [5.41, 5.74) is 7.52. The lowest BCUT2D eigenvalue weighted by Crippen LogP contribution is -2.13. The fourth-order valence-corrected chi connectivity index (χ4v) is 2.43. The molecule has 0 bridgehead atoms. The van der Waals surface area contributed by atoms with E-state index in [4.69, 9.17) is 10.5 Å². The van der Waals surface area contributed by atoms with Gasteiger partial charge < -0.3 is 10.5 Å². The molecule has 0 amide bonds. The number of rotatable bonds is 4. The number of benzene rings is 2. The molecule has 0 saturated carbocycles. The molecule has 2 N–H and O–H groups in total. The summed E-state index contributed by atoms with van der Waals surface area (Å²) in [6.45, 7) is 4.40. The molecule has 0 radical (unpaired) electrons. The molecule has 2 aromatic rings. The number of fused-ring (bicyclic) bond motifs is 1. The molecule has 18 heavy (non-hydrogen) atoms. The zero-order valence-electron chi connectivity index (χ0n) is 11.3. The van der Waals surface area contributed by atoms with E-state index in [2.05, 4.69) is 32.0 Å². The minimum atomic E-state index is 0.0841. The molecule has 0 aliphatic rings. The third-order valence-corrected chi connectivity index (χ3v) is 3.26. The van der Waals surface area contributed by atoms with Gasteiger partial charge in [-0.25, -0.2) is 0 Å². The normalized spacial score (nSPS) is 12.9. The van der Waals surface area contributed by atoms with E-state index in [0.717, 1.165) is 17.6 Å². The predicted octanol–water partition coefficient (Wildman–Crippen LogP) is 3.89. The predicted molar refractivity (Wildman–Crippen MR) is 76.9 cm³/mol. The summed E-state index contributed by atoms with van der Waals surface area (Å²) >= 11 is 0. The second-order valence-electron chi connectivity index (χ2n) is 5.14. The summed E-state index contributed by atoms with van der Waals surface area (Å²) in [5, 5.41) is 2.33. The second kappa shape index (κ2) is 5.40. The summed E-state index contributed by atoms with van der Waals surface area (Å²) < 4.78 is 5.40. The standard InChI is InChI=1S/C16H21NO/c1-11(2)10-15(17)13-8-9-16(18-3)14-7-5-4-6-12(13)14/h4-9,11,15H,10,17H2,1-3H3/t15-/m0/s1. The van der Waals surface area contributed by atoms with E-state index in [-0.39, 0.29) is 6.04 Å². The number of hydrogen-bond donors (Lipinski definition) is 1. The molecular formula is C16H21NO. The highest BCUT2D eigenvalue weighted by molar-refractivity contribution is 5.91. The number of nitrogens with two attached hydrogens (primary N) is 1. The van der Waals surface area contributed by atoms with Crippen LogP contribution >= 0.6 is 0 Å². The van der Waals surface area contributed by atoms with Crippen LogP contribution in [0.1, 0.15) is 31.9 Å². The molecule has 0 fully saturated rings. The Morgan fingerprint density at radius 3 is 2.33 bits per heavy atom. The molecule has 0 saturated heterocycles. The first-order valence-electron chi connectivity index (χ1n) is 6.44. The average molecular weight is 243 g/mol. The van der Waals surface area contributed by atoms with E-state index in [9.17, 15) is 0 Å². The van der Waals surface area contributed by atoms with Gasteiger partial charge in [0.05, 0.1) is 7.11 Å². The first kappa shape index (κ1) is 12.9. The van der Waals surface area contributed by atoms with E-state index < -0.39 is 0 Å². The fourth-order valence-electron chi connectivity index (χ4n) is 2.43. The molecule has 0 unspecified atom stereocenters. The Bertz CT molecular complexity index is 534. The van der Waals surface area contributed by atoms with Gasteiger partial charge in [0.1, 0.15) is 5.75 Å². The molecule has 0 aromatic heterocycles. The first-order valence-corrected chi connectivity index (χ1v) is 6.44. The molecule has 1 atom stereocenters. The van der Waals surface area contributed by atoms with Crippen molar-refractivity contribution >= 4 is 10.8 Å². The SMILES string of the molecule is COc1ccc([C@@H](N)CC(C)C)c2ccccc12. The van der Waals surface area contributed by atoms with Crippen LogP contribution in [0.3, 0.4) is 0 Å². The minimum Gasteiger partial charge on any atom is -0.496 e. The molecule has 0 aliphatic carbocycles. The third-order valence-electron chi connectivity index (χ3n) is 3.26. The maximum Gasteiger partial charge on any atom is 0.126 e. The van der Waals surface area contributed by atoms with Crippen LogP contribution < -0.4 is 10.5 Å². The summed E-state index contributed by atoms with van der Waals surface area (Å²) in [5.74, 6) is 1.51. The van der Waals surface area contributed by atoms with Gasteiger partial charge in [-0.1, -0.05) is 44.2 Å². The van der Waals surface area contributed by atoms with Gasteiger partial charge in [0.25, 0.3) is 0 Å². The maximum absolute atomic E-state index is 6.31. The van der Waals surface area contributed by atoms with E-state index in [1.54, 1.807) is 7.11 Å². The van der Waals surface area contributed by atoms with Crippen molar-refractivity contribution < 1.29 is 4.74 Å². The zero-order chi connectivity index (χ0) is 13.1. The fraction of sp³-hybridized carbons (Fsp3) is 0.375. The Balaban J connectivity index is 2.52. The Kier molecular flexibility index (Phi) is 3.87. The molecule has 0 heterocycles. The number of hydrogen-bond acceptors (Lipinski definition) is 2. The smallest absolute Gasteiger partial charge is 0.126 e. The summed E-state index contributed by atoms with van der Waals surface area (Å²) in [7, 11) is 1.70. The number of methoxy groups -OCH3 is 1. The molecule has 0 spiro atoms. The number of ether oxygens (including phenoxy) is 1. The van der Waals surface area contributed by atoms with Crippen molar-refractivity contribution in [3.63, 3.8) is 0 Å². The van der Waals surface area contributed by atoms with Crippen LogP contribution in [0.2, 0.25) is 0 Å². The monoisotopic (exact) mass is 243 g/mol. The highest BCUT2D eigenvalue weighted by Gasteiger charge is 2.13. The van der Waals surface area contributed by atoms with Gasteiger partial charge in [0, 0.05) is 11.4 Å². The van der Waals surface area contributed by atoms with E-state index in [0.29, 0.717) is 5.92 Å². The van der Waals surface area contributed by atoms with Crippen molar-refractivity contribution in [2.24, 2.45) is 11.7 Å². The quantitative estimate of drug-likeness (QED) is 0.884. The van der Waals surface area contributed by atoms with Crippen molar-refractivity contribution in [3.05, 3.63) is 42.0 Å². The molecule has 96 valence electrons. The maximum atomic E-state index is 6.31. The minimum absolute atomic E-state index is 0.0841. The van der Waals surface area contributed by atoms with Crippen LogP contribution in [-0.2, 0) is 0 Å². The lowest BCUT2D eigenvalue weighted by molar-refractivity contribution is 0.419. The molecule has 2 aromatic carbocycles. The largest absolute Gasteiger partial charge is 0.496 e. The molecule has 2 nitrogen and oxygen atoms in total. The van der Waals surface area contributed by atoms with E-state index in [1.807, 2.05) is 18.2 Å². The third kappa shape index (κ3) is 2.49. The summed E-state index contributed by atoms with van der Waals surface area (Å²) in [4.78, 5) is 0. The summed E-state index contributed by atoms with van der Waals surface area (Å²) in [6, 6.07) is 12.5. The lowest BCUT2D eigenvalue weighted by atomic mass is 9.93. The van der Waals surface area contributed by atoms with Gasteiger partial charge in [0.15, 0.2) is 0 Å². The van der Waals surface area contributed by atoms with Crippen molar-refractivity contribution in [1.29, 1.82) is 0 Å². The highest BCUT2D eigenvalue weighted by atomic mass is 16.5. The van der Waals surface area contributed by atoms with Gasteiger partial charge in [0.2, 0.25) is 0 Å². The van der Waals surface area contributed by atoms with Crippen LogP contribution in [0.15, 0.2) is 36.4 Å². The Morgan fingerprint density at radius 1 is 1.06 bits per heavy atom. The van der Waals surface area contributed by atoms with E-state index >= 15 is 0 Å². The molecule has 2 rings (SSSR count). The average Bonchev–Trinajstić information content (AvgIpc) is 2.36. The first-order chi connectivity index (χ1) is 8.63. The van der Waals surface area contributed by atoms with E-state index in [1.165, 1.54) is 10.9 Å². The van der Waals surface area contributed by atoms with Crippen molar-refractivity contribution in [3.8, 4) is 5.75 Å². The van der Waals surface area contributed by atoms with Gasteiger partial charge in [-0.05, 0) is 29.4 Å².